The largest absolute Gasteiger partial charge is 0.490 e. The van der Waals surface area contributed by atoms with E-state index in [1.165, 1.54) is 12.8 Å². The Kier molecular flexibility index (Phi) is 4.52. The number of carbonyl (C=O) groups is 1. The number of nitrogens with one attached hydrogen (secondary N) is 2. The van der Waals surface area contributed by atoms with Gasteiger partial charge in [0.2, 0.25) is 0 Å². The van der Waals surface area contributed by atoms with Crippen molar-refractivity contribution in [2.75, 3.05) is 0 Å². The van der Waals surface area contributed by atoms with Gasteiger partial charge in [0.1, 0.15) is 5.75 Å². The van der Waals surface area contributed by atoms with Gasteiger partial charge in [0, 0.05) is 11.3 Å². The molecule has 122 valence electrons. The van der Waals surface area contributed by atoms with E-state index in [0.29, 0.717) is 10.8 Å². The smallest absolute Gasteiger partial charge is 0.335 e. The number of thiocarbonyl (C=S) groups is 1. The maximum Gasteiger partial charge on any atom is 0.335 e. The highest BCUT2D eigenvalue weighted by molar-refractivity contribution is 7.80. The fourth-order valence-electron chi connectivity index (χ4n) is 3.22. The second-order valence-electron chi connectivity index (χ2n) is 5.94. The number of allylic oxidation sites excluding steroid dienone is 1. The Balaban J connectivity index is 1.97. The summed E-state index contributed by atoms with van der Waals surface area (Å²) in [6.45, 7) is 1.73. The molecule has 1 aromatic rings. The molecule has 0 spiro atoms. The van der Waals surface area contributed by atoms with Crippen molar-refractivity contribution < 1.29 is 14.6 Å². The van der Waals surface area contributed by atoms with E-state index in [4.69, 9.17) is 17.0 Å². The molecule has 6 heteroatoms. The predicted molar refractivity (Wildman–Crippen MR) is 91.3 cm³/mol. The van der Waals surface area contributed by atoms with E-state index in [2.05, 4.69) is 10.6 Å². The summed E-state index contributed by atoms with van der Waals surface area (Å²) in [5, 5.41) is 15.9. The first-order chi connectivity index (χ1) is 11.1. The zero-order valence-corrected chi connectivity index (χ0v) is 13.8. The number of hydrogen-bond donors (Lipinski definition) is 3. The van der Waals surface area contributed by atoms with Crippen molar-refractivity contribution in [1.82, 2.24) is 10.6 Å². The Morgan fingerprint density at radius 1 is 1.30 bits per heavy atom. The molecule has 1 aliphatic heterocycles. The van der Waals surface area contributed by atoms with Crippen LogP contribution in [0.25, 0.3) is 0 Å². The number of benzene rings is 1. The molecule has 0 saturated heterocycles. The Hall–Kier alpha value is -2.08. The van der Waals surface area contributed by atoms with Crippen molar-refractivity contribution in [1.29, 1.82) is 0 Å². The number of aliphatic carboxylic acids is 1. The first kappa shape index (κ1) is 15.8. The molecule has 1 unspecified atom stereocenters. The van der Waals surface area contributed by atoms with Crippen LogP contribution in [0.15, 0.2) is 35.5 Å². The number of hydrogen-bond acceptors (Lipinski definition) is 3. The monoisotopic (exact) mass is 332 g/mol. The van der Waals surface area contributed by atoms with Crippen molar-refractivity contribution >= 4 is 23.3 Å². The Bertz CT molecular complexity index is 666. The van der Waals surface area contributed by atoms with Crippen LogP contribution in [0.1, 0.15) is 44.2 Å². The van der Waals surface area contributed by atoms with Gasteiger partial charge in [-0.2, -0.15) is 0 Å². The molecule has 1 aromatic carbocycles. The van der Waals surface area contributed by atoms with Crippen LogP contribution in [0.4, 0.5) is 0 Å². The molecule has 1 fully saturated rings. The summed E-state index contributed by atoms with van der Waals surface area (Å²) < 4.78 is 6.14. The Morgan fingerprint density at radius 3 is 2.70 bits per heavy atom. The minimum atomic E-state index is -0.967. The lowest BCUT2D eigenvalue weighted by molar-refractivity contribution is -0.133. The lowest BCUT2D eigenvalue weighted by Crippen LogP contribution is -2.45. The Morgan fingerprint density at radius 2 is 2.00 bits per heavy atom. The lowest BCUT2D eigenvalue weighted by Gasteiger charge is -2.30. The van der Waals surface area contributed by atoms with Gasteiger partial charge in [0.15, 0.2) is 5.11 Å². The summed E-state index contributed by atoms with van der Waals surface area (Å²) >= 11 is 5.20. The van der Waals surface area contributed by atoms with E-state index < -0.39 is 12.0 Å². The molecule has 23 heavy (non-hydrogen) atoms. The highest BCUT2D eigenvalue weighted by atomic mass is 32.1. The van der Waals surface area contributed by atoms with Crippen LogP contribution in [0.5, 0.6) is 5.75 Å². The lowest BCUT2D eigenvalue weighted by atomic mass is 9.95. The van der Waals surface area contributed by atoms with Gasteiger partial charge in [-0.15, -0.1) is 0 Å². The predicted octanol–water partition coefficient (Wildman–Crippen LogP) is 2.89. The molecular formula is C17H20N2O3S. The van der Waals surface area contributed by atoms with E-state index in [1.54, 1.807) is 6.92 Å². The molecule has 5 nitrogen and oxygen atoms in total. The first-order valence-electron chi connectivity index (χ1n) is 7.83. The van der Waals surface area contributed by atoms with E-state index in [0.717, 1.165) is 24.2 Å². The van der Waals surface area contributed by atoms with Crippen LogP contribution in [0.2, 0.25) is 0 Å². The number of rotatable bonds is 4. The third kappa shape index (κ3) is 3.32. The third-order valence-corrected chi connectivity index (χ3v) is 4.55. The van der Waals surface area contributed by atoms with Crippen molar-refractivity contribution in [2.24, 2.45) is 0 Å². The van der Waals surface area contributed by atoms with Crippen LogP contribution in [0.3, 0.4) is 0 Å². The zero-order chi connectivity index (χ0) is 16.4. The average Bonchev–Trinajstić information content (AvgIpc) is 2.99. The fourth-order valence-corrected chi connectivity index (χ4v) is 3.49. The molecule has 1 heterocycles. The van der Waals surface area contributed by atoms with E-state index in [-0.39, 0.29) is 11.7 Å². The number of ether oxygens (including phenoxy) is 1. The van der Waals surface area contributed by atoms with E-state index in [1.807, 2.05) is 24.3 Å². The fraction of sp³-hybridized carbons (Fsp3) is 0.412. The van der Waals surface area contributed by atoms with Gasteiger partial charge >= 0.3 is 5.97 Å². The van der Waals surface area contributed by atoms with Gasteiger partial charge in [-0.25, -0.2) is 4.79 Å². The molecule has 1 aliphatic carbocycles. The van der Waals surface area contributed by atoms with Crippen molar-refractivity contribution in [3.8, 4) is 5.75 Å². The van der Waals surface area contributed by atoms with Crippen LogP contribution in [-0.4, -0.2) is 22.3 Å². The van der Waals surface area contributed by atoms with Crippen LogP contribution in [-0.2, 0) is 4.79 Å². The summed E-state index contributed by atoms with van der Waals surface area (Å²) in [6, 6.07) is 7.07. The zero-order valence-electron chi connectivity index (χ0n) is 13.0. The molecule has 2 aliphatic rings. The van der Waals surface area contributed by atoms with Crippen LogP contribution in [0, 0.1) is 0 Å². The normalized spacial score (nSPS) is 21.8. The minimum absolute atomic E-state index is 0.211. The topological polar surface area (TPSA) is 70.6 Å². The average molecular weight is 332 g/mol. The summed E-state index contributed by atoms with van der Waals surface area (Å²) in [7, 11) is 0. The van der Waals surface area contributed by atoms with Crippen molar-refractivity contribution in [2.45, 2.75) is 44.8 Å². The highest BCUT2D eigenvalue weighted by Gasteiger charge is 2.32. The molecule has 0 aromatic heterocycles. The summed E-state index contributed by atoms with van der Waals surface area (Å²) in [6.07, 6.45) is 4.67. The highest BCUT2D eigenvalue weighted by Crippen LogP contribution is 2.35. The van der Waals surface area contributed by atoms with E-state index in [9.17, 15) is 9.90 Å². The maximum absolute atomic E-state index is 11.7. The molecule has 1 saturated carbocycles. The number of carboxylic acid groups (broad SMARTS) is 1. The maximum atomic E-state index is 11.7. The quantitative estimate of drug-likeness (QED) is 0.737. The van der Waals surface area contributed by atoms with E-state index >= 15 is 0 Å². The van der Waals surface area contributed by atoms with Gasteiger partial charge in [0.25, 0.3) is 0 Å². The molecule has 3 N–H and O–H groups in total. The van der Waals surface area contributed by atoms with Gasteiger partial charge < -0.3 is 20.5 Å². The summed E-state index contributed by atoms with van der Waals surface area (Å²) in [5.74, 6) is -0.237. The summed E-state index contributed by atoms with van der Waals surface area (Å²) in [4.78, 5) is 11.7. The molecule has 3 rings (SSSR count). The third-order valence-electron chi connectivity index (χ3n) is 4.33. The van der Waals surface area contributed by atoms with Gasteiger partial charge in [-0.05, 0) is 50.9 Å². The SMILES string of the molecule is CC1=C(C(=O)O)C(c2ccccc2OC2CCCC2)NC(=S)N1. The molecule has 0 amide bonds. The van der Waals surface area contributed by atoms with Crippen LogP contribution >= 0.6 is 12.2 Å². The van der Waals surface area contributed by atoms with Gasteiger partial charge in [-0.3, -0.25) is 0 Å². The van der Waals surface area contributed by atoms with Crippen molar-refractivity contribution in [3.63, 3.8) is 0 Å². The molecule has 0 radical (unpaired) electrons. The number of carboxylic acids is 1. The standard InChI is InChI=1S/C17H20N2O3S/c1-10-14(16(20)21)15(19-17(23)18-10)12-8-4-5-9-13(12)22-11-6-2-3-7-11/h4-5,8-9,11,15H,2-3,6-7H2,1H3,(H,20,21)(H2,18,19,23). The van der Waals surface area contributed by atoms with Crippen molar-refractivity contribution in [3.05, 3.63) is 41.1 Å². The molecular weight excluding hydrogens is 312 g/mol. The summed E-state index contributed by atoms with van der Waals surface area (Å²) in [5.41, 5.74) is 1.63. The minimum Gasteiger partial charge on any atom is -0.490 e. The molecule has 1 atom stereocenters. The second kappa shape index (κ2) is 6.58. The van der Waals surface area contributed by atoms with Crippen LogP contribution < -0.4 is 15.4 Å². The Labute approximate surface area is 140 Å². The van der Waals surface area contributed by atoms with Gasteiger partial charge in [-0.1, -0.05) is 18.2 Å². The first-order valence-corrected chi connectivity index (χ1v) is 8.24. The van der Waals surface area contributed by atoms with Gasteiger partial charge in [0.05, 0.1) is 17.7 Å². The number of para-hydroxylation sites is 1. The molecule has 0 bridgehead atoms. The second-order valence-corrected chi connectivity index (χ2v) is 6.35.